The number of fused-ring (bicyclic) bond motifs is 18. The molecule has 110 heavy (non-hydrogen) atoms. The highest BCUT2D eigenvalue weighted by Crippen LogP contribution is 2.54. The van der Waals surface area contributed by atoms with E-state index in [-0.39, 0.29) is 0 Å². The molecular formula is C100H56N10. The Hall–Kier alpha value is -15.7. The lowest BCUT2D eigenvalue weighted by molar-refractivity contribution is 1.13. The Morgan fingerprint density at radius 2 is 0.445 bits per heavy atom. The molecule has 22 rings (SSSR count). The van der Waals surface area contributed by atoms with Crippen LogP contribution >= 0.6 is 0 Å². The van der Waals surface area contributed by atoms with Crippen LogP contribution in [0.15, 0.2) is 340 Å². The van der Waals surface area contributed by atoms with Crippen molar-refractivity contribution >= 4 is 137 Å². The monoisotopic (exact) mass is 1400 g/mol. The van der Waals surface area contributed by atoms with Gasteiger partial charge in [-0.05, 0) is 162 Å². The third-order valence-electron chi connectivity index (χ3n) is 22.7. The Morgan fingerprint density at radius 1 is 0.218 bits per heavy atom. The first kappa shape index (κ1) is 61.7. The lowest BCUT2D eigenvalue weighted by atomic mass is 9.83. The van der Waals surface area contributed by atoms with Crippen molar-refractivity contribution in [1.29, 1.82) is 15.8 Å². The van der Waals surface area contributed by atoms with Crippen LogP contribution in [0.2, 0.25) is 0 Å². The van der Waals surface area contributed by atoms with Gasteiger partial charge in [-0.25, -0.2) is 4.85 Å². The molecule has 0 aliphatic carbocycles. The minimum Gasteiger partial charge on any atom is -0.309 e. The number of hydrogen-bond donors (Lipinski definition) is 0. The smallest absolute Gasteiger partial charge is 0.187 e. The van der Waals surface area contributed by atoms with Crippen LogP contribution in [0.4, 0.5) is 5.69 Å². The van der Waals surface area contributed by atoms with Crippen molar-refractivity contribution in [3.8, 4) is 85.7 Å². The van der Waals surface area contributed by atoms with Crippen molar-refractivity contribution in [2.45, 2.75) is 0 Å². The summed E-state index contributed by atoms with van der Waals surface area (Å²) in [6, 6.07) is 127. The lowest BCUT2D eigenvalue weighted by Gasteiger charge is -2.28. The normalized spacial score (nSPS) is 11.8. The number of aromatic nitrogens is 6. The van der Waals surface area contributed by atoms with Crippen molar-refractivity contribution in [2.75, 3.05) is 0 Å². The first-order valence-corrected chi connectivity index (χ1v) is 36.7. The van der Waals surface area contributed by atoms with Crippen LogP contribution < -0.4 is 0 Å². The van der Waals surface area contributed by atoms with Crippen LogP contribution in [0.5, 0.6) is 0 Å². The average molecular weight is 1400 g/mol. The van der Waals surface area contributed by atoms with Gasteiger partial charge in [0.15, 0.2) is 5.69 Å². The number of nitrogens with zero attached hydrogens (tertiary/aromatic N) is 10. The fraction of sp³-hybridized carbons (Fsp3) is 0. The molecule has 16 aromatic carbocycles. The van der Waals surface area contributed by atoms with E-state index in [0.29, 0.717) is 56.0 Å². The van der Waals surface area contributed by atoms with Gasteiger partial charge in [-0.2, -0.15) is 15.8 Å². The summed E-state index contributed by atoms with van der Waals surface area (Å²) in [6.07, 6.45) is 0. The number of rotatable bonds is 9. The maximum absolute atomic E-state index is 13.0. The molecule has 0 fully saturated rings. The highest BCUT2D eigenvalue weighted by atomic mass is 15.1. The molecule has 0 unspecified atom stereocenters. The quantitative estimate of drug-likeness (QED) is 0.134. The minimum absolute atomic E-state index is 0.366. The summed E-state index contributed by atoms with van der Waals surface area (Å²) in [7, 11) is 0. The van der Waals surface area contributed by atoms with Gasteiger partial charge < -0.3 is 27.4 Å². The molecule has 10 heteroatoms. The molecule has 0 bridgehead atoms. The van der Waals surface area contributed by atoms with Crippen LogP contribution in [0.3, 0.4) is 0 Å². The summed E-state index contributed by atoms with van der Waals surface area (Å²) in [5.41, 5.74) is 23.3. The fourth-order valence-corrected chi connectivity index (χ4v) is 18.1. The summed E-state index contributed by atoms with van der Waals surface area (Å²) in [5, 5.41) is 47.4. The molecule has 0 saturated heterocycles. The SMILES string of the molecule is [C-]#[N+]c1ccc(-c2c(C#N)c(-c3ccc(C#N)cc3)c(-n3c4ccc(-n5c6ccccc6c6ccccc65)cc4c4cc(-n5c6ccccc6c6ccccc65)ccc43)c(-c3ccc(C#N)cc3)c2-n2c3ccc(-n4c5ccccc5c5ccccc54)cc3c3cc(-n4c5ccccc5c5ccccc54)ccc32)cc1. The molecule has 0 aliphatic heterocycles. The minimum atomic E-state index is 0.366. The zero-order chi connectivity index (χ0) is 73.0. The van der Waals surface area contributed by atoms with Gasteiger partial charge in [-0.1, -0.05) is 194 Å². The molecule has 6 aromatic heterocycles. The van der Waals surface area contributed by atoms with E-state index in [1.54, 1.807) is 0 Å². The van der Waals surface area contributed by atoms with E-state index in [0.717, 1.165) is 165 Å². The number of benzene rings is 16. The molecular weight excluding hydrogens is 1340 g/mol. The second-order valence-corrected chi connectivity index (χ2v) is 28.3. The average Bonchev–Trinajstić information content (AvgIpc) is 1.43. The van der Waals surface area contributed by atoms with Gasteiger partial charge >= 0.3 is 0 Å². The van der Waals surface area contributed by atoms with Crippen molar-refractivity contribution in [3.63, 3.8) is 0 Å². The second kappa shape index (κ2) is 23.9. The van der Waals surface area contributed by atoms with Crippen LogP contribution in [0.25, 0.3) is 203 Å². The Labute approximate surface area is 629 Å². The van der Waals surface area contributed by atoms with Crippen LogP contribution in [-0.2, 0) is 0 Å². The predicted octanol–water partition coefficient (Wildman–Crippen LogP) is 25.4. The second-order valence-electron chi connectivity index (χ2n) is 28.3. The van der Waals surface area contributed by atoms with Gasteiger partial charge in [0.25, 0.3) is 0 Å². The largest absolute Gasteiger partial charge is 0.309 e. The highest BCUT2D eigenvalue weighted by Gasteiger charge is 2.34. The van der Waals surface area contributed by atoms with Crippen LogP contribution in [0, 0.1) is 40.6 Å². The molecule has 10 nitrogen and oxygen atoms in total. The molecule has 0 aliphatic rings. The predicted molar refractivity (Wildman–Crippen MR) is 449 cm³/mol. The first-order valence-electron chi connectivity index (χ1n) is 36.7. The van der Waals surface area contributed by atoms with Gasteiger partial charge in [0.1, 0.15) is 6.07 Å². The van der Waals surface area contributed by atoms with E-state index in [2.05, 4.69) is 317 Å². The van der Waals surface area contributed by atoms with Crippen LogP contribution in [-0.4, -0.2) is 27.4 Å². The Bertz CT molecular complexity index is 6950. The van der Waals surface area contributed by atoms with Crippen LogP contribution in [0.1, 0.15) is 16.7 Å². The molecule has 0 spiro atoms. The summed E-state index contributed by atoms with van der Waals surface area (Å²) in [6.45, 7) is 8.31. The number of hydrogen-bond acceptors (Lipinski definition) is 3. The molecule has 6 heterocycles. The molecule has 0 saturated carbocycles. The van der Waals surface area contributed by atoms with E-state index in [9.17, 15) is 15.8 Å². The Kier molecular flexibility index (Phi) is 13.4. The van der Waals surface area contributed by atoms with Gasteiger partial charge in [-0.15, -0.1) is 0 Å². The first-order chi connectivity index (χ1) is 54.4. The summed E-state index contributed by atoms with van der Waals surface area (Å²) >= 11 is 0. The molecule has 506 valence electrons. The van der Waals surface area contributed by atoms with E-state index in [1.165, 1.54) is 0 Å². The molecule has 0 N–H and O–H groups in total. The highest BCUT2D eigenvalue weighted by molar-refractivity contribution is 6.19. The molecule has 0 radical (unpaired) electrons. The summed E-state index contributed by atoms with van der Waals surface area (Å²) in [5.74, 6) is 0. The summed E-state index contributed by atoms with van der Waals surface area (Å²) in [4.78, 5) is 3.93. The van der Waals surface area contributed by atoms with Gasteiger partial charge in [-0.3, -0.25) is 0 Å². The van der Waals surface area contributed by atoms with Crippen molar-refractivity contribution < 1.29 is 0 Å². The third kappa shape index (κ3) is 8.88. The third-order valence-corrected chi connectivity index (χ3v) is 22.7. The standard InChI is InChI=1S/C100H56N10/c1-104-66-44-42-64(43-45-66)97-83(60-103)96(63-38-34-61(58-101)35-39-63)99(109-92-50-46-67(105-84-26-10-2-18-71(84)72-19-3-11-27-85(72)105)54-79(92)80-55-68(47-51-93(80)109)106-86-28-12-4-20-73(86)74-21-5-13-29-87(74)106)98(65-40-36-62(59-102)37-41-65)100(97)110-94-52-48-69(107-88-30-14-6-22-75(88)76-23-7-15-31-89(76)107)56-81(94)82-57-70(49-53-95(82)110)108-90-32-16-8-24-77(90)78-25-9-17-33-91(78)108/h2-57H. The zero-order valence-corrected chi connectivity index (χ0v) is 58.8. The number of nitriles is 3. The molecule has 22 aromatic rings. The van der Waals surface area contributed by atoms with Crippen molar-refractivity contribution in [1.82, 2.24) is 27.4 Å². The summed E-state index contributed by atoms with van der Waals surface area (Å²) < 4.78 is 14.2. The molecule has 0 atom stereocenters. The Morgan fingerprint density at radius 3 is 0.682 bits per heavy atom. The van der Waals surface area contributed by atoms with Crippen molar-refractivity contribution in [3.05, 3.63) is 368 Å². The van der Waals surface area contributed by atoms with Crippen molar-refractivity contribution in [2.24, 2.45) is 0 Å². The lowest BCUT2D eigenvalue weighted by Crippen LogP contribution is -2.11. The van der Waals surface area contributed by atoms with E-state index in [1.807, 2.05) is 72.8 Å². The van der Waals surface area contributed by atoms with E-state index in [4.69, 9.17) is 6.57 Å². The maximum Gasteiger partial charge on any atom is 0.187 e. The Balaban J connectivity index is 0.941. The topological polar surface area (TPSA) is 105 Å². The van der Waals surface area contributed by atoms with Gasteiger partial charge in [0.05, 0.1) is 113 Å². The zero-order valence-electron chi connectivity index (χ0n) is 58.8. The van der Waals surface area contributed by atoms with Gasteiger partial charge in [0.2, 0.25) is 0 Å². The maximum atomic E-state index is 13.0. The van der Waals surface area contributed by atoms with Gasteiger partial charge in [0, 0.05) is 104 Å². The number of para-hydroxylation sites is 8. The fourth-order valence-electron chi connectivity index (χ4n) is 18.1. The van der Waals surface area contributed by atoms with E-state index < -0.39 is 0 Å². The van der Waals surface area contributed by atoms with E-state index >= 15 is 0 Å². The molecule has 0 amide bonds.